The van der Waals surface area contributed by atoms with Crippen molar-refractivity contribution < 1.29 is 9.53 Å². The fraction of sp³-hybridized carbons (Fsp3) is 0.250. The van der Waals surface area contributed by atoms with Gasteiger partial charge in [-0.2, -0.15) is 0 Å². The molecule has 0 saturated carbocycles. The lowest BCUT2D eigenvalue weighted by molar-refractivity contribution is -0.143. The maximum Gasteiger partial charge on any atom is 0.328 e. The number of nitrogens with one attached hydrogen (secondary N) is 2. The molecule has 0 aliphatic carbocycles. The molecule has 2 N–H and O–H groups in total. The summed E-state index contributed by atoms with van der Waals surface area (Å²) in [4.78, 5) is 16.0. The average molecular weight is 320 g/mol. The number of rotatable bonds is 6. The van der Waals surface area contributed by atoms with E-state index < -0.39 is 6.04 Å². The molecule has 0 radical (unpaired) electrons. The van der Waals surface area contributed by atoms with Crippen molar-refractivity contribution in [2.75, 3.05) is 17.2 Å². The van der Waals surface area contributed by atoms with Crippen LogP contribution in [0.2, 0.25) is 5.02 Å². The van der Waals surface area contributed by atoms with Gasteiger partial charge in [0.2, 0.25) is 0 Å². The van der Waals surface area contributed by atoms with Gasteiger partial charge >= 0.3 is 5.97 Å². The first kappa shape index (κ1) is 16.1. The molecule has 0 bridgehead atoms. The number of anilines is 3. The van der Waals surface area contributed by atoms with Crippen LogP contribution < -0.4 is 10.6 Å². The quantitative estimate of drug-likeness (QED) is 0.792. The zero-order valence-corrected chi connectivity index (χ0v) is 13.2. The van der Waals surface area contributed by atoms with E-state index >= 15 is 0 Å². The predicted octanol–water partition coefficient (Wildman–Crippen LogP) is 3.84. The Morgan fingerprint density at radius 2 is 2.05 bits per heavy atom. The second kappa shape index (κ2) is 7.66. The van der Waals surface area contributed by atoms with Gasteiger partial charge in [0, 0.05) is 16.9 Å². The van der Waals surface area contributed by atoms with E-state index in [1.54, 1.807) is 32.2 Å². The van der Waals surface area contributed by atoms with Crippen LogP contribution in [0.3, 0.4) is 0 Å². The Hall–Kier alpha value is -2.27. The van der Waals surface area contributed by atoms with E-state index in [1.165, 1.54) is 0 Å². The molecule has 0 aliphatic rings. The Labute approximate surface area is 134 Å². The number of aromatic nitrogens is 1. The Bertz CT molecular complexity index is 632. The summed E-state index contributed by atoms with van der Waals surface area (Å²) in [5, 5.41) is 6.96. The highest BCUT2D eigenvalue weighted by Gasteiger charge is 2.15. The molecule has 0 unspecified atom stereocenters. The third-order valence-electron chi connectivity index (χ3n) is 2.92. The van der Waals surface area contributed by atoms with Crippen molar-refractivity contribution in [2.45, 2.75) is 19.9 Å². The highest BCUT2D eigenvalue weighted by molar-refractivity contribution is 6.30. The molecule has 6 heteroatoms. The van der Waals surface area contributed by atoms with Crippen LogP contribution in [0.4, 0.5) is 17.2 Å². The standard InChI is InChI=1S/C16H18ClN3O2/c1-3-22-16(21)11(2)19-15-14(5-4-10-18-15)20-13-8-6-12(17)7-9-13/h4-11,20H,3H2,1-2H3,(H,18,19)/t11-/m0/s1. The summed E-state index contributed by atoms with van der Waals surface area (Å²) in [6.07, 6.45) is 1.66. The van der Waals surface area contributed by atoms with Gasteiger partial charge in [0.1, 0.15) is 11.9 Å². The van der Waals surface area contributed by atoms with Crippen LogP contribution in [-0.4, -0.2) is 23.6 Å². The van der Waals surface area contributed by atoms with Crippen LogP contribution in [0, 0.1) is 0 Å². The van der Waals surface area contributed by atoms with Gasteiger partial charge in [-0.25, -0.2) is 9.78 Å². The first-order valence-corrected chi connectivity index (χ1v) is 7.38. The van der Waals surface area contributed by atoms with Crippen LogP contribution in [0.5, 0.6) is 0 Å². The SMILES string of the molecule is CCOC(=O)[C@H](C)Nc1ncccc1Nc1ccc(Cl)cc1. The summed E-state index contributed by atoms with van der Waals surface area (Å²) >= 11 is 5.88. The normalized spacial score (nSPS) is 11.6. The molecular weight excluding hydrogens is 302 g/mol. The van der Waals surface area contributed by atoms with Crippen LogP contribution in [0.1, 0.15) is 13.8 Å². The number of halogens is 1. The Morgan fingerprint density at radius 3 is 2.73 bits per heavy atom. The second-order valence-electron chi connectivity index (χ2n) is 4.65. The third kappa shape index (κ3) is 4.36. The Balaban J connectivity index is 2.12. The lowest BCUT2D eigenvalue weighted by Gasteiger charge is -2.16. The number of nitrogens with zero attached hydrogens (tertiary/aromatic N) is 1. The number of carbonyl (C=O) groups is 1. The van der Waals surface area contributed by atoms with Crippen LogP contribution in [0.25, 0.3) is 0 Å². The summed E-state index contributed by atoms with van der Waals surface area (Å²) in [7, 11) is 0. The Morgan fingerprint density at radius 1 is 1.32 bits per heavy atom. The van der Waals surface area contributed by atoms with Crippen molar-refractivity contribution in [1.82, 2.24) is 4.98 Å². The van der Waals surface area contributed by atoms with Gasteiger partial charge in [-0.1, -0.05) is 11.6 Å². The number of carbonyl (C=O) groups excluding carboxylic acids is 1. The first-order chi connectivity index (χ1) is 10.6. The molecular formula is C16H18ClN3O2. The van der Waals surface area contributed by atoms with Crippen molar-refractivity contribution in [3.8, 4) is 0 Å². The van der Waals surface area contributed by atoms with Gasteiger partial charge < -0.3 is 15.4 Å². The minimum atomic E-state index is -0.486. The predicted molar refractivity (Wildman–Crippen MR) is 88.7 cm³/mol. The fourth-order valence-electron chi connectivity index (χ4n) is 1.84. The molecule has 116 valence electrons. The van der Waals surface area contributed by atoms with Gasteiger partial charge in [0.05, 0.1) is 12.3 Å². The minimum Gasteiger partial charge on any atom is -0.464 e. The van der Waals surface area contributed by atoms with E-state index in [2.05, 4.69) is 15.6 Å². The van der Waals surface area contributed by atoms with E-state index in [0.717, 1.165) is 11.4 Å². The number of ether oxygens (including phenoxy) is 1. The van der Waals surface area contributed by atoms with Crippen molar-refractivity contribution in [3.05, 3.63) is 47.6 Å². The molecule has 2 rings (SSSR count). The smallest absolute Gasteiger partial charge is 0.328 e. The van der Waals surface area contributed by atoms with E-state index in [-0.39, 0.29) is 5.97 Å². The third-order valence-corrected chi connectivity index (χ3v) is 3.18. The van der Waals surface area contributed by atoms with Gasteiger partial charge in [-0.15, -0.1) is 0 Å². The van der Waals surface area contributed by atoms with Crippen LogP contribution >= 0.6 is 11.6 Å². The second-order valence-corrected chi connectivity index (χ2v) is 5.09. The maximum atomic E-state index is 11.7. The first-order valence-electron chi connectivity index (χ1n) is 7.01. The molecule has 22 heavy (non-hydrogen) atoms. The van der Waals surface area contributed by atoms with Gasteiger partial charge in [0.15, 0.2) is 0 Å². The maximum absolute atomic E-state index is 11.7. The molecule has 0 fully saturated rings. The van der Waals surface area contributed by atoms with Gasteiger partial charge in [-0.3, -0.25) is 0 Å². The molecule has 0 amide bonds. The summed E-state index contributed by atoms with van der Waals surface area (Å²) < 4.78 is 4.98. The van der Waals surface area contributed by atoms with Crippen molar-refractivity contribution in [3.63, 3.8) is 0 Å². The van der Waals surface area contributed by atoms with E-state index in [9.17, 15) is 4.79 Å². The van der Waals surface area contributed by atoms with Gasteiger partial charge in [-0.05, 0) is 50.2 Å². The Kier molecular flexibility index (Phi) is 5.61. The molecule has 1 atom stereocenters. The number of hydrogen-bond donors (Lipinski definition) is 2. The molecule has 5 nitrogen and oxygen atoms in total. The summed E-state index contributed by atoms with van der Waals surface area (Å²) in [5.41, 5.74) is 1.64. The average Bonchev–Trinajstić information content (AvgIpc) is 2.51. The van der Waals surface area contributed by atoms with Crippen LogP contribution in [-0.2, 0) is 9.53 Å². The van der Waals surface area contributed by atoms with E-state index in [4.69, 9.17) is 16.3 Å². The zero-order valence-electron chi connectivity index (χ0n) is 12.5. The molecule has 0 spiro atoms. The molecule has 1 aromatic carbocycles. The van der Waals surface area contributed by atoms with E-state index in [0.29, 0.717) is 17.4 Å². The number of hydrogen-bond acceptors (Lipinski definition) is 5. The summed E-state index contributed by atoms with van der Waals surface area (Å²) in [6.45, 7) is 3.86. The number of esters is 1. The van der Waals surface area contributed by atoms with E-state index in [1.807, 2.05) is 24.3 Å². The molecule has 0 aliphatic heterocycles. The topological polar surface area (TPSA) is 63.2 Å². The minimum absolute atomic E-state index is 0.314. The van der Waals surface area contributed by atoms with Crippen molar-refractivity contribution >= 4 is 34.8 Å². The summed E-state index contributed by atoms with van der Waals surface area (Å²) in [6, 6.07) is 10.5. The molecule has 2 aromatic rings. The highest BCUT2D eigenvalue weighted by atomic mass is 35.5. The number of benzene rings is 1. The molecule has 1 heterocycles. The fourth-order valence-corrected chi connectivity index (χ4v) is 1.97. The van der Waals surface area contributed by atoms with Gasteiger partial charge in [0.25, 0.3) is 0 Å². The lowest BCUT2D eigenvalue weighted by Crippen LogP contribution is -2.28. The van der Waals surface area contributed by atoms with Crippen molar-refractivity contribution in [2.24, 2.45) is 0 Å². The van der Waals surface area contributed by atoms with Crippen LogP contribution in [0.15, 0.2) is 42.6 Å². The lowest BCUT2D eigenvalue weighted by atomic mass is 10.2. The largest absolute Gasteiger partial charge is 0.464 e. The zero-order chi connectivity index (χ0) is 15.9. The monoisotopic (exact) mass is 319 g/mol. The highest BCUT2D eigenvalue weighted by Crippen LogP contribution is 2.24. The molecule has 0 saturated heterocycles. The van der Waals surface area contributed by atoms with Crippen molar-refractivity contribution in [1.29, 1.82) is 0 Å². The number of pyridine rings is 1. The summed E-state index contributed by atoms with van der Waals surface area (Å²) in [5.74, 6) is 0.267. The molecule has 1 aromatic heterocycles.